The van der Waals surface area contributed by atoms with E-state index in [1.807, 2.05) is 12.1 Å². The van der Waals surface area contributed by atoms with Crippen molar-refractivity contribution in [2.75, 3.05) is 11.5 Å². The maximum Gasteiger partial charge on any atom is 0.261 e. The molecule has 0 aromatic heterocycles. The first-order valence-electron chi connectivity index (χ1n) is 9.31. The molecule has 1 N–H and O–H groups in total. The summed E-state index contributed by atoms with van der Waals surface area (Å²) in [6.07, 6.45) is 5.65. The van der Waals surface area contributed by atoms with Crippen LogP contribution in [-0.2, 0) is 14.6 Å². The second-order valence-electron chi connectivity index (χ2n) is 7.39. The maximum absolute atomic E-state index is 12.4. The first-order chi connectivity index (χ1) is 12.3. The minimum absolute atomic E-state index is 0.0136. The highest BCUT2D eigenvalue weighted by atomic mass is 35.5. The van der Waals surface area contributed by atoms with Crippen LogP contribution in [0.15, 0.2) is 18.2 Å². The fourth-order valence-corrected chi connectivity index (χ4v) is 5.68. The Labute approximate surface area is 160 Å². The second kappa shape index (κ2) is 8.17. The lowest BCUT2D eigenvalue weighted by molar-refractivity contribution is -0.127. The van der Waals surface area contributed by atoms with Crippen LogP contribution >= 0.6 is 11.6 Å². The Hall–Kier alpha value is -1.27. The lowest BCUT2D eigenvalue weighted by atomic mass is 9.83. The fraction of sp³-hybridized carbons (Fsp3) is 0.632. The van der Waals surface area contributed by atoms with E-state index in [1.165, 1.54) is 19.3 Å². The molecule has 1 aliphatic heterocycles. The largest absolute Gasteiger partial charge is 0.481 e. The summed E-state index contributed by atoms with van der Waals surface area (Å²) in [6, 6.07) is 5.23. The van der Waals surface area contributed by atoms with Crippen molar-refractivity contribution in [2.45, 2.75) is 63.5 Å². The molecule has 1 heterocycles. The first kappa shape index (κ1) is 19.5. The zero-order chi connectivity index (χ0) is 18.7. The van der Waals surface area contributed by atoms with E-state index in [1.54, 1.807) is 13.0 Å². The van der Waals surface area contributed by atoms with Crippen LogP contribution < -0.4 is 10.1 Å². The summed E-state index contributed by atoms with van der Waals surface area (Å²) in [6.45, 7) is 1.69. The molecular weight excluding hydrogens is 374 g/mol. The van der Waals surface area contributed by atoms with Gasteiger partial charge in [-0.25, -0.2) is 8.42 Å². The van der Waals surface area contributed by atoms with Gasteiger partial charge in [-0.15, -0.1) is 0 Å². The van der Waals surface area contributed by atoms with Gasteiger partial charge in [-0.05, 0) is 55.9 Å². The Morgan fingerprint density at radius 2 is 1.96 bits per heavy atom. The van der Waals surface area contributed by atoms with Crippen LogP contribution in [0, 0.1) is 0 Å². The summed E-state index contributed by atoms with van der Waals surface area (Å²) in [5.41, 5.74) is 1.07. The molecule has 0 unspecified atom stereocenters. The van der Waals surface area contributed by atoms with Crippen LogP contribution in [0.3, 0.4) is 0 Å². The molecule has 144 valence electrons. The van der Waals surface area contributed by atoms with Gasteiger partial charge in [-0.3, -0.25) is 4.79 Å². The molecule has 5 nitrogen and oxygen atoms in total. The van der Waals surface area contributed by atoms with Crippen molar-refractivity contribution < 1.29 is 17.9 Å². The molecule has 1 aromatic carbocycles. The van der Waals surface area contributed by atoms with Crippen molar-refractivity contribution in [3.63, 3.8) is 0 Å². The van der Waals surface area contributed by atoms with Crippen molar-refractivity contribution >= 4 is 27.3 Å². The van der Waals surface area contributed by atoms with Crippen molar-refractivity contribution in [3.8, 4) is 5.75 Å². The Morgan fingerprint density at radius 3 is 2.62 bits per heavy atom. The number of ether oxygens (including phenoxy) is 1. The van der Waals surface area contributed by atoms with Crippen LogP contribution in [0.5, 0.6) is 5.75 Å². The number of hydrogen-bond acceptors (Lipinski definition) is 4. The quantitative estimate of drug-likeness (QED) is 0.822. The lowest BCUT2D eigenvalue weighted by Crippen LogP contribution is -2.43. The van der Waals surface area contributed by atoms with Gasteiger partial charge >= 0.3 is 0 Å². The second-order valence-corrected chi connectivity index (χ2v) is 10.1. The van der Waals surface area contributed by atoms with E-state index in [0.717, 1.165) is 18.4 Å². The average Bonchev–Trinajstić information content (AvgIpc) is 2.95. The smallest absolute Gasteiger partial charge is 0.261 e. The summed E-state index contributed by atoms with van der Waals surface area (Å²) in [7, 11) is -3.02. The number of halogens is 1. The van der Waals surface area contributed by atoms with Crippen LogP contribution in [0.25, 0.3) is 0 Å². The van der Waals surface area contributed by atoms with Gasteiger partial charge in [0.05, 0.1) is 11.5 Å². The first-order valence-corrected chi connectivity index (χ1v) is 11.5. The third-order valence-electron chi connectivity index (χ3n) is 5.27. The van der Waals surface area contributed by atoms with Gasteiger partial charge in [0, 0.05) is 11.1 Å². The summed E-state index contributed by atoms with van der Waals surface area (Å²) in [5, 5.41) is 3.47. The third-order valence-corrected chi connectivity index (χ3v) is 7.27. The summed E-state index contributed by atoms with van der Waals surface area (Å²) in [4.78, 5) is 12.4. The minimum Gasteiger partial charge on any atom is -0.481 e. The van der Waals surface area contributed by atoms with E-state index >= 15 is 0 Å². The highest BCUT2D eigenvalue weighted by molar-refractivity contribution is 7.91. The van der Waals surface area contributed by atoms with Gasteiger partial charge in [-0.2, -0.15) is 0 Å². The van der Waals surface area contributed by atoms with Crippen LogP contribution in [0.1, 0.15) is 56.9 Å². The number of sulfone groups is 1. The molecule has 2 atom stereocenters. The van der Waals surface area contributed by atoms with Crippen LogP contribution in [0.4, 0.5) is 0 Å². The molecular formula is C19H26ClNO4S. The zero-order valence-corrected chi connectivity index (χ0v) is 16.6. The molecule has 3 rings (SSSR count). The monoisotopic (exact) mass is 399 g/mol. The standard InChI is InChI=1S/C19H26ClNO4S/c1-13(19(22)21-16-9-10-26(23,24)12-16)25-18-8-7-15(20)11-17(18)14-5-3-2-4-6-14/h7-8,11,13-14,16H,2-6,9-10,12H2,1H3,(H,21,22)/t13-,16-/m1/s1. The minimum atomic E-state index is -3.02. The summed E-state index contributed by atoms with van der Waals surface area (Å²) < 4.78 is 29.0. The molecule has 0 spiro atoms. The number of carbonyl (C=O) groups is 1. The van der Waals surface area contributed by atoms with Gasteiger partial charge in [-0.1, -0.05) is 30.9 Å². The lowest BCUT2D eigenvalue weighted by Gasteiger charge is -2.26. The van der Waals surface area contributed by atoms with Crippen molar-refractivity contribution in [3.05, 3.63) is 28.8 Å². The predicted octanol–water partition coefficient (Wildman–Crippen LogP) is 3.46. The average molecular weight is 400 g/mol. The molecule has 7 heteroatoms. The van der Waals surface area contributed by atoms with Gasteiger partial charge in [0.25, 0.3) is 5.91 Å². The molecule has 2 fully saturated rings. The van der Waals surface area contributed by atoms with Crippen molar-refractivity contribution in [1.82, 2.24) is 5.32 Å². The molecule has 1 amide bonds. The zero-order valence-electron chi connectivity index (χ0n) is 15.0. The third kappa shape index (κ3) is 4.92. The van der Waals surface area contributed by atoms with E-state index in [9.17, 15) is 13.2 Å². The molecule has 1 saturated heterocycles. The number of nitrogens with one attached hydrogen (secondary N) is 1. The van der Waals surface area contributed by atoms with E-state index in [0.29, 0.717) is 23.1 Å². The molecule has 1 aliphatic carbocycles. The molecule has 0 radical (unpaired) electrons. The van der Waals surface area contributed by atoms with E-state index in [2.05, 4.69) is 5.32 Å². The van der Waals surface area contributed by atoms with Crippen molar-refractivity contribution in [2.24, 2.45) is 0 Å². The van der Waals surface area contributed by atoms with Gasteiger partial charge in [0.15, 0.2) is 15.9 Å². The maximum atomic E-state index is 12.4. The highest BCUT2D eigenvalue weighted by Crippen LogP contribution is 2.39. The van der Waals surface area contributed by atoms with Gasteiger partial charge < -0.3 is 10.1 Å². The number of rotatable bonds is 5. The number of benzene rings is 1. The molecule has 0 bridgehead atoms. The van der Waals surface area contributed by atoms with Gasteiger partial charge in [0.1, 0.15) is 5.75 Å². The Kier molecular flexibility index (Phi) is 6.13. The molecule has 26 heavy (non-hydrogen) atoms. The number of carbonyl (C=O) groups excluding carboxylic acids is 1. The van der Waals surface area contributed by atoms with E-state index in [-0.39, 0.29) is 23.5 Å². The topological polar surface area (TPSA) is 72.5 Å². The van der Waals surface area contributed by atoms with Crippen LogP contribution in [-0.4, -0.2) is 38.0 Å². The fourth-order valence-electron chi connectivity index (χ4n) is 3.83. The molecule has 1 saturated carbocycles. The Bertz CT molecular complexity index is 759. The SMILES string of the molecule is C[C@@H](Oc1ccc(Cl)cc1C1CCCCC1)C(=O)N[C@@H]1CCS(=O)(=O)C1. The Morgan fingerprint density at radius 1 is 1.23 bits per heavy atom. The predicted molar refractivity (Wildman–Crippen MR) is 103 cm³/mol. The molecule has 2 aliphatic rings. The van der Waals surface area contributed by atoms with Gasteiger partial charge in [0.2, 0.25) is 0 Å². The van der Waals surface area contributed by atoms with E-state index in [4.69, 9.17) is 16.3 Å². The number of hydrogen-bond donors (Lipinski definition) is 1. The van der Waals surface area contributed by atoms with E-state index < -0.39 is 15.9 Å². The summed E-state index contributed by atoms with van der Waals surface area (Å²) >= 11 is 6.18. The Balaban J connectivity index is 1.66. The molecule has 1 aromatic rings. The van der Waals surface area contributed by atoms with Crippen molar-refractivity contribution in [1.29, 1.82) is 0 Å². The van der Waals surface area contributed by atoms with Crippen LogP contribution in [0.2, 0.25) is 5.02 Å². The normalized spacial score (nSPS) is 24.2. The number of amides is 1. The highest BCUT2D eigenvalue weighted by Gasteiger charge is 2.30. The summed E-state index contributed by atoms with van der Waals surface area (Å²) in [5.74, 6) is 0.975.